The Morgan fingerprint density at radius 3 is 2.59 bits per heavy atom. The largest absolute Gasteiger partial charge is 0.340 e. The van der Waals surface area contributed by atoms with E-state index in [-0.39, 0.29) is 22.0 Å². The van der Waals surface area contributed by atoms with Crippen LogP contribution >= 0.6 is 23.2 Å². The van der Waals surface area contributed by atoms with Gasteiger partial charge in [0.1, 0.15) is 0 Å². The molecule has 2 atom stereocenters. The third-order valence-corrected chi connectivity index (χ3v) is 4.67. The third-order valence-electron chi connectivity index (χ3n) is 4.33. The highest BCUT2D eigenvalue weighted by molar-refractivity contribution is 6.31. The van der Waals surface area contributed by atoms with Gasteiger partial charge in [-0.25, -0.2) is 0 Å². The lowest BCUT2D eigenvalue weighted by Crippen LogP contribution is -2.47. The molecule has 1 fully saturated rings. The third kappa shape index (κ3) is 2.36. The smallest absolute Gasteiger partial charge is 0.250 e. The standard InChI is InChI=1S/C14H13Cl2N5O/c15-12-17-13(16)19-14(18-12)20-5-8-4-9(7-20)10-2-1-3-11(22)21(10)6-8/h1-3,8-9H,4-7H2/t8-,9-/m1/s1. The lowest BCUT2D eigenvalue weighted by Gasteiger charge is -2.42. The molecule has 2 bridgehead atoms. The maximum absolute atomic E-state index is 12.0. The van der Waals surface area contributed by atoms with E-state index in [4.69, 9.17) is 23.2 Å². The monoisotopic (exact) mass is 337 g/mol. The molecule has 8 heteroatoms. The molecule has 4 rings (SSSR count). The van der Waals surface area contributed by atoms with Gasteiger partial charge in [0.25, 0.3) is 5.56 Å². The fourth-order valence-corrected chi connectivity index (χ4v) is 3.87. The summed E-state index contributed by atoms with van der Waals surface area (Å²) in [5, 5.41) is 0.199. The minimum atomic E-state index is 0.0758. The molecule has 0 spiro atoms. The molecular weight excluding hydrogens is 325 g/mol. The van der Waals surface area contributed by atoms with Gasteiger partial charge in [-0.1, -0.05) is 6.07 Å². The van der Waals surface area contributed by atoms with Gasteiger partial charge in [-0.2, -0.15) is 15.0 Å². The minimum absolute atomic E-state index is 0.0758. The van der Waals surface area contributed by atoms with Crippen LogP contribution in [0.5, 0.6) is 0 Å². The fraction of sp³-hybridized carbons (Fsp3) is 0.429. The summed E-state index contributed by atoms with van der Waals surface area (Å²) in [6, 6.07) is 5.47. The van der Waals surface area contributed by atoms with E-state index in [2.05, 4.69) is 19.9 Å². The van der Waals surface area contributed by atoms with Crippen molar-refractivity contribution < 1.29 is 0 Å². The Bertz CT molecular complexity index is 773. The second-order valence-corrected chi connectivity index (χ2v) is 6.45. The van der Waals surface area contributed by atoms with Gasteiger partial charge in [0.15, 0.2) is 0 Å². The topological polar surface area (TPSA) is 63.9 Å². The van der Waals surface area contributed by atoms with Crippen LogP contribution in [0, 0.1) is 5.92 Å². The zero-order valence-corrected chi connectivity index (χ0v) is 13.1. The quantitative estimate of drug-likeness (QED) is 0.795. The highest BCUT2D eigenvalue weighted by atomic mass is 35.5. The highest BCUT2D eigenvalue weighted by Gasteiger charge is 2.35. The Hall–Kier alpha value is -1.66. The molecule has 0 aromatic carbocycles. The van der Waals surface area contributed by atoms with E-state index in [1.165, 1.54) is 0 Å². The van der Waals surface area contributed by atoms with Crippen LogP contribution in [0.15, 0.2) is 23.0 Å². The number of pyridine rings is 1. The van der Waals surface area contributed by atoms with Crippen molar-refractivity contribution in [3.63, 3.8) is 0 Å². The van der Waals surface area contributed by atoms with E-state index in [1.54, 1.807) is 6.07 Å². The van der Waals surface area contributed by atoms with Gasteiger partial charge in [0.2, 0.25) is 16.5 Å². The van der Waals surface area contributed by atoms with E-state index in [0.717, 1.165) is 31.7 Å². The molecule has 1 saturated heterocycles. The average Bonchev–Trinajstić information content (AvgIpc) is 2.47. The van der Waals surface area contributed by atoms with Crippen LogP contribution in [0.4, 0.5) is 5.95 Å². The lowest BCUT2D eigenvalue weighted by atomic mass is 9.83. The van der Waals surface area contributed by atoms with Gasteiger partial charge >= 0.3 is 0 Å². The van der Waals surface area contributed by atoms with E-state index < -0.39 is 0 Å². The number of anilines is 1. The zero-order valence-electron chi connectivity index (χ0n) is 11.6. The minimum Gasteiger partial charge on any atom is -0.340 e. The number of nitrogens with zero attached hydrogens (tertiary/aromatic N) is 5. The first-order chi connectivity index (χ1) is 10.6. The van der Waals surface area contributed by atoms with E-state index in [1.807, 2.05) is 16.7 Å². The summed E-state index contributed by atoms with van der Waals surface area (Å²) in [4.78, 5) is 26.2. The molecule has 0 radical (unpaired) electrons. The van der Waals surface area contributed by atoms with Gasteiger partial charge in [0, 0.05) is 37.3 Å². The summed E-state index contributed by atoms with van der Waals surface area (Å²) in [6.45, 7) is 2.26. The summed E-state index contributed by atoms with van der Waals surface area (Å²) in [5.41, 5.74) is 1.16. The molecule has 4 heterocycles. The number of rotatable bonds is 1. The second-order valence-electron chi connectivity index (χ2n) is 5.78. The maximum atomic E-state index is 12.0. The predicted octanol–water partition coefficient (Wildman–Crippen LogP) is 1.96. The van der Waals surface area contributed by atoms with E-state index >= 15 is 0 Å². The van der Waals surface area contributed by atoms with Crippen LogP contribution < -0.4 is 10.5 Å². The molecule has 22 heavy (non-hydrogen) atoms. The molecule has 114 valence electrons. The lowest BCUT2D eigenvalue weighted by molar-refractivity contribution is 0.279. The van der Waals surface area contributed by atoms with Crippen molar-refractivity contribution in [2.75, 3.05) is 18.0 Å². The first kappa shape index (κ1) is 14.0. The fourth-order valence-electron chi connectivity index (χ4n) is 3.52. The number of hydrogen-bond acceptors (Lipinski definition) is 5. The first-order valence-corrected chi connectivity index (χ1v) is 7.87. The number of aromatic nitrogens is 4. The van der Waals surface area contributed by atoms with Gasteiger partial charge in [-0.15, -0.1) is 0 Å². The SMILES string of the molecule is O=c1cccc2n1C[C@@H]1C[C@@H]2CN(c2nc(Cl)nc(Cl)n2)C1. The van der Waals surface area contributed by atoms with Gasteiger partial charge < -0.3 is 9.47 Å². The number of hydrogen-bond donors (Lipinski definition) is 0. The maximum Gasteiger partial charge on any atom is 0.250 e. The van der Waals surface area contributed by atoms with Crippen LogP contribution in [0.3, 0.4) is 0 Å². The zero-order chi connectivity index (χ0) is 15.3. The molecular formula is C14H13Cl2N5O. The van der Waals surface area contributed by atoms with E-state index in [9.17, 15) is 4.79 Å². The number of piperidine rings is 1. The molecule has 6 nitrogen and oxygen atoms in total. The van der Waals surface area contributed by atoms with Gasteiger partial charge in [0.05, 0.1) is 0 Å². The van der Waals surface area contributed by atoms with E-state index in [0.29, 0.717) is 11.9 Å². The summed E-state index contributed by atoms with van der Waals surface area (Å²) in [6.07, 6.45) is 1.08. The summed E-state index contributed by atoms with van der Waals surface area (Å²) in [5.74, 6) is 1.18. The molecule has 0 N–H and O–H groups in total. The molecule has 2 aromatic heterocycles. The molecule has 2 aliphatic heterocycles. The van der Waals surface area contributed by atoms with Crippen LogP contribution in [0.25, 0.3) is 0 Å². The molecule has 0 amide bonds. The van der Waals surface area contributed by atoms with Crippen LogP contribution in [-0.2, 0) is 6.54 Å². The summed E-state index contributed by atoms with van der Waals surface area (Å²) < 4.78 is 1.89. The Morgan fingerprint density at radius 1 is 1.05 bits per heavy atom. The van der Waals surface area contributed by atoms with Crippen LogP contribution in [-0.4, -0.2) is 32.6 Å². The molecule has 0 saturated carbocycles. The van der Waals surface area contributed by atoms with Gasteiger partial charge in [-0.3, -0.25) is 4.79 Å². The first-order valence-electron chi connectivity index (χ1n) is 7.12. The summed E-state index contributed by atoms with van der Waals surface area (Å²) >= 11 is 11.7. The van der Waals surface area contributed by atoms with Crippen molar-refractivity contribution in [2.24, 2.45) is 5.92 Å². The van der Waals surface area contributed by atoms with Crippen LogP contribution in [0.1, 0.15) is 18.0 Å². The van der Waals surface area contributed by atoms with Crippen molar-refractivity contribution >= 4 is 29.2 Å². The Balaban J connectivity index is 1.70. The van der Waals surface area contributed by atoms with Gasteiger partial charge in [-0.05, 0) is 41.6 Å². The summed E-state index contributed by atoms with van der Waals surface area (Å²) in [7, 11) is 0. The molecule has 0 unspecified atom stereocenters. The Labute approximate surface area is 136 Å². The van der Waals surface area contributed by atoms with Crippen molar-refractivity contribution in [3.8, 4) is 0 Å². The van der Waals surface area contributed by atoms with Crippen molar-refractivity contribution in [1.29, 1.82) is 0 Å². The average molecular weight is 338 g/mol. The van der Waals surface area contributed by atoms with Crippen molar-refractivity contribution in [3.05, 3.63) is 44.8 Å². The molecule has 0 aliphatic carbocycles. The Kier molecular flexibility index (Phi) is 3.31. The molecule has 2 aliphatic rings. The molecule has 2 aromatic rings. The number of halogens is 2. The highest BCUT2D eigenvalue weighted by Crippen LogP contribution is 2.36. The number of fused-ring (bicyclic) bond motifs is 4. The van der Waals surface area contributed by atoms with Crippen LogP contribution in [0.2, 0.25) is 10.6 Å². The normalized spacial score (nSPS) is 23.3. The Morgan fingerprint density at radius 2 is 1.82 bits per heavy atom. The predicted molar refractivity (Wildman–Crippen MR) is 83.6 cm³/mol. The van der Waals surface area contributed by atoms with Crippen molar-refractivity contribution in [2.45, 2.75) is 18.9 Å². The van der Waals surface area contributed by atoms with Crippen molar-refractivity contribution in [1.82, 2.24) is 19.5 Å². The second kappa shape index (κ2) is 5.21.